The van der Waals surface area contributed by atoms with E-state index in [1.807, 2.05) is 54.6 Å². The molecule has 1 fully saturated rings. The van der Waals surface area contributed by atoms with Crippen LogP contribution in [0.1, 0.15) is 39.7 Å². The fourth-order valence-corrected chi connectivity index (χ4v) is 3.44. The van der Waals surface area contributed by atoms with Crippen LogP contribution in [0.5, 0.6) is 28.7 Å². The molecule has 0 saturated heterocycles. The molecule has 0 aromatic heterocycles. The summed E-state index contributed by atoms with van der Waals surface area (Å²) >= 11 is 0. The zero-order valence-electron chi connectivity index (χ0n) is 14.4. The predicted molar refractivity (Wildman–Crippen MR) is 99.9 cm³/mol. The number of hydrogen-bond donors (Lipinski definition) is 3. The van der Waals surface area contributed by atoms with Gasteiger partial charge in [-0.05, 0) is 48.1 Å². The first-order valence-corrected chi connectivity index (χ1v) is 8.64. The predicted octanol–water partition coefficient (Wildman–Crippen LogP) is 4.68. The van der Waals surface area contributed by atoms with Crippen molar-refractivity contribution in [3.63, 3.8) is 0 Å². The molecule has 0 aliphatic heterocycles. The third-order valence-electron chi connectivity index (χ3n) is 4.90. The van der Waals surface area contributed by atoms with Gasteiger partial charge in [0, 0.05) is 11.6 Å². The van der Waals surface area contributed by atoms with Gasteiger partial charge in [-0.15, -0.1) is 0 Å². The quantitative estimate of drug-likeness (QED) is 0.574. The molecule has 3 aromatic rings. The summed E-state index contributed by atoms with van der Waals surface area (Å²) in [5.74, 6) is 0.520. The topological polar surface area (TPSA) is 87.0 Å². The van der Waals surface area contributed by atoms with Crippen molar-refractivity contribution in [3.05, 3.63) is 77.4 Å². The van der Waals surface area contributed by atoms with Gasteiger partial charge in [-0.2, -0.15) is 0 Å². The van der Waals surface area contributed by atoms with E-state index >= 15 is 0 Å². The average molecular weight is 362 g/mol. The second kappa shape index (κ2) is 6.68. The number of carbonyl (C=O) groups excluding carboxylic acids is 1. The summed E-state index contributed by atoms with van der Waals surface area (Å²) in [5, 5.41) is 30.1. The highest BCUT2D eigenvalue weighted by Crippen LogP contribution is 2.60. The number of carbonyl (C=O) groups is 1. The molecule has 5 heteroatoms. The molecule has 1 aliphatic rings. The van der Waals surface area contributed by atoms with E-state index in [0.717, 1.165) is 29.5 Å². The van der Waals surface area contributed by atoms with Gasteiger partial charge in [-0.1, -0.05) is 30.3 Å². The Morgan fingerprint density at radius 1 is 0.852 bits per heavy atom. The van der Waals surface area contributed by atoms with Gasteiger partial charge in [-0.3, -0.25) is 4.79 Å². The minimum absolute atomic E-state index is 0.106. The summed E-state index contributed by atoms with van der Waals surface area (Å²) < 4.78 is 5.78. The summed E-state index contributed by atoms with van der Waals surface area (Å²) in [6.45, 7) is 0. The molecule has 27 heavy (non-hydrogen) atoms. The first-order valence-electron chi connectivity index (χ1n) is 8.64. The second-order valence-electron chi connectivity index (χ2n) is 6.64. The summed E-state index contributed by atoms with van der Waals surface area (Å²) in [4.78, 5) is 11.1. The molecule has 0 heterocycles. The maximum atomic E-state index is 11.1. The van der Waals surface area contributed by atoms with Gasteiger partial charge in [-0.25, -0.2) is 0 Å². The number of aldehydes is 1. The Kier molecular flexibility index (Phi) is 4.20. The van der Waals surface area contributed by atoms with Crippen molar-refractivity contribution in [2.75, 3.05) is 0 Å². The molecule has 0 amide bonds. The minimum atomic E-state index is -0.427. The van der Waals surface area contributed by atoms with E-state index in [9.17, 15) is 20.1 Å². The van der Waals surface area contributed by atoms with Gasteiger partial charge in [0.15, 0.2) is 6.29 Å². The van der Waals surface area contributed by atoms with Crippen LogP contribution in [0.2, 0.25) is 0 Å². The number of hydrogen-bond acceptors (Lipinski definition) is 5. The molecule has 136 valence electrons. The van der Waals surface area contributed by atoms with E-state index in [1.54, 1.807) is 0 Å². The van der Waals surface area contributed by atoms with Gasteiger partial charge in [0.05, 0.1) is 5.56 Å². The van der Waals surface area contributed by atoms with Crippen LogP contribution >= 0.6 is 0 Å². The summed E-state index contributed by atoms with van der Waals surface area (Å²) in [5.41, 5.74) is 1.17. The van der Waals surface area contributed by atoms with Gasteiger partial charge in [0.1, 0.15) is 28.7 Å². The number of phenols is 3. The maximum Gasteiger partial charge on any atom is 0.157 e. The van der Waals surface area contributed by atoms with Crippen molar-refractivity contribution in [3.8, 4) is 28.7 Å². The molecule has 0 radical (unpaired) electrons. The van der Waals surface area contributed by atoms with E-state index in [0.29, 0.717) is 11.8 Å². The molecule has 2 unspecified atom stereocenters. The number of phenolic OH excluding ortho intramolecular Hbond substituents is 3. The Hall–Kier alpha value is -3.47. The molecule has 2 atom stereocenters. The average Bonchev–Trinajstić information content (AvgIpc) is 3.43. The van der Waals surface area contributed by atoms with Crippen LogP contribution in [0.15, 0.2) is 60.7 Å². The maximum absolute atomic E-state index is 11.1. The highest BCUT2D eigenvalue weighted by molar-refractivity contribution is 5.85. The standard InChI is InChI=1S/C22H18O5/c23-12-18-19(24)11-20(25)21(22(18)26)17-10-16(17)13-6-8-15(9-7-13)27-14-4-2-1-3-5-14/h1-9,11-12,16-17,24-26H,10H2. The van der Waals surface area contributed by atoms with Gasteiger partial charge < -0.3 is 20.1 Å². The summed E-state index contributed by atoms with van der Waals surface area (Å²) in [6, 6.07) is 18.3. The summed E-state index contributed by atoms with van der Waals surface area (Å²) in [6.07, 6.45) is 1.13. The Labute approximate surface area is 156 Å². The lowest BCUT2D eigenvalue weighted by atomic mass is 9.99. The van der Waals surface area contributed by atoms with Crippen LogP contribution in [0.25, 0.3) is 0 Å². The zero-order valence-corrected chi connectivity index (χ0v) is 14.4. The van der Waals surface area contributed by atoms with Crippen molar-refractivity contribution >= 4 is 6.29 Å². The third-order valence-corrected chi connectivity index (χ3v) is 4.90. The normalized spacial score (nSPS) is 18.1. The molecule has 3 N–H and O–H groups in total. The van der Waals surface area contributed by atoms with Crippen LogP contribution in [0.3, 0.4) is 0 Å². The van der Waals surface area contributed by atoms with Gasteiger partial charge in [0.2, 0.25) is 0 Å². The van der Waals surface area contributed by atoms with Crippen molar-refractivity contribution in [1.29, 1.82) is 0 Å². The smallest absolute Gasteiger partial charge is 0.157 e. The molecule has 1 saturated carbocycles. The SMILES string of the molecule is O=Cc1c(O)cc(O)c(C2CC2c2ccc(Oc3ccccc3)cc2)c1O. The van der Waals surface area contributed by atoms with E-state index in [2.05, 4.69) is 0 Å². The largest absolute Gasteiger partial charge is 0.507 e. The highest BCUT2D eigenvalue weighted by Gasteiger charge is 2.43. The van der Waals surface area contributed by atoms with E-state index < -0.39 is 5.75 Å². The molecule has 1 aliphatic carbocycles. The highest BCUT2D eigenvalue weighted by atomic mass is 16.5. The van der Waals surface area contributed by atoms with Gasteiger partial charge in [0.25, 0.3) is 0 Å². The number of rotatable bonds is 5. The Morgan fingerprint density at radius 2 is 1.52 bits per heavy atom. The fourth-order valence-electron chi connectivity index (χ4n) is 3.44. The van der Waals surface area contributed by atoms with Crippen molar-refractivity contribution < 1.29 is 24.9 Å². The van der Waals surface area contributed by atoms with Crippen LogP contribution in [-0.4, -0.2) is 21.6 Å². The van der Waals surface area contributed by atoms with E-state index in [-0.39, 0.29) is 28.9 Å². The van der Waals surface area contributed by atoms with Crippen molar-refractivity contribution in [2.24, 2.45) is 0 Å². The lowest BCUT2D eigenvalue weighted by Gasteiger charge is -2.11. The van der Waals surface area contributed by atoms with Crippen LogP contribution in [-0.2, 0) is 0 Å². The first-order chi connectivity index (χ1) is 13.1. The van der Waals surface area contributed by atoms with Crippen LogP contribution in [0, 0.1) is 0 Å². The molecule has 5 nitrogen and oxygen atoms in total. The van der Waals surface area contributed by atoms with Crippen molar-refractivity contribution in [1.82, 2.24) is 0 Å². The summed E-state index contributed by atoms with van der Waals surface area (Å²) in [7, 11) is 0. The Balaban J connectivity index is 1.53. The van der Waals surface area contributed by atoms with Crippen molar-refractivity contribution in [2.45, 2.75) is 18.3 Å². The van der Waals surface area contributed by atoms with Crippen LogP contribution in [0.4, 0.5) is 0 Å². The lowest BCUT2D eigenvalue weighted by molar-refractivity contribution is 0.111. The van der Waals surface area contributed by atoms with E-state index in [1.165, 1.54) is 0 Å². The van der Waals surface area contributed by atoms with E-state index in [4.69, 9.17) is 4.74 Å². The molecular weight excluding hydrogens is 344 g/mol. The van der Waals surface area contributed by atoms with Crippen LogP contribution < -0.4 is 4.74 Å². The molecule has 0 bridgehead atoms. The number of aromatic hydroxyl groups is 3. The number of ether oxygens (including phenoxy) is 1. The van der Waals surface area contributed by atoms with Gasteiger partial charge >= 0.3 is 0 Å². The zero-order chi connectivity index (χ0) is 19.0. The fraction of sp³-hybridized carbons (Fsp3) is 0.136. The minimum Gasteiger partial charge on any atom is -0.507 e. The second-order valence-corrected chi connectivity index (χ2v) is 6.64. The lowest BCUT2D eigenvalue weighted by Crippen LogP contribution is -1.92. The molecule has 4 rings (SSSR count). The Bertz CT molecular complexity index is 980. The Morgan fingerprint density at radius 3 is 2.19 bits per heavy atom. The monoisotopic (exact) mass is 362 g/mol. The number of benzene rings is 3. The number of para-hydroxylation sites is 1. The molecule has 0 spiro atoms. The molecule has 3 aromatic carbocycles. The third kappa shape index (κ3) is 3.19. The molecular formula is C22H18O5. The first kappa shape index (κ1) is 17.0.